The average molecular weight is 194 g/mol. The van der Waals surface area contributed by atoms with Gasteiger partial charge in [-0.05, 0) is 19.1 Å². The second-order valence-corrected chi connectivity index (χ2v) is 3.00. The van der Waals surface area contributed by atoms with Crippen molar-refractivity contribution in [3.05, 3.63) is 29.3 Å². The Morgan fingerprint density at radius 3 is 2.93 bits per heavy atom. The largest absolute Gasteiger partial charge is 0.477 e. The van der Waals surface area contributed by atoms with E-state index in [0.29, 0.717) is 5.69 Å². The Hall–Kier alpha value is -1.91. The zero-order chi connectivity index (χ0) is 10.3. The number of fused-ring (bicyclic) bond motifs is 1. The molecule has 2 heterocycles. The molecule has 0 fully saturated rings. The number of nitrogens with one attached hydrogen (secondary N) is 1. The van der Waals surface area contributed by atoms with Crippen molar-refractivity contribution in [2.24, 2.45) is 0 Å². The van der Waals surface area contributed by atoms with Crippen LogP contribution in [0, 0.1) is 12.7 Å². The molecule has 14 heavy (non-hydrogen) atoms. The molecule has 0 saturated heterocycles. The number of hydrogen-bond acceptors (Lipinski definition) is 2. The Bertz CT molecular complexity index is 519. The summed E-state index contributed by atoms with van der Waals surface area (Å²) in [6, 6.07) is 2.50. The molecule has 0 aliphatic carbocycles. The predicted molar refractivity (Wildman–Crippen MR) is 47.7 cm³/mol. The molecule has 0 aliphatic rings. The average Bonchev–Trinajstić information content (AvgIpc) is 2.47. The number of carbonyl (C=O) groups is 1. The van der Waals surface area contributed by atoms with Crippen molar-refractivity contribution < 1.29 is 14.3 Å². The van der Waals surface area contributed by atoms with Gasteiger partial charge in [0.1, 0.15) is 17.2 Å². The molecule has 0 unspecified atom stereocenters. The number of nitrogens with zero attached hydrogens (tertiary/aromatic N) is 1. The summed E-state index contributed by atoms with van der Waals surface area (Å²) >= 11 is 0. The topological polar surface area (TPSA) is 66.0 Å². The highest BCUT2D eigenvalue weighted by molar-refractivity contribution is 5.92. The van der Waals surface area contributed by atoms with E-state index in [1.54, 1.807) is 6.92 Å². The van der Waals surface area contributed by atoms with Crippen LogP contribution in [0.2, 0.25) is 0 Å². The number of aromatic carboxylic acids is 1. The summed E-state index contributed by atoms with van der Waals surface area (Å²) in [5.41, 5.74) is 0.714. The Kier molecular flexibility index (Phi) is 1.73. The van der Waals surface area contributed by atoms with Gasteiger partial charge >= 0.3 is 5.97 Å². The monoisotopic (exact) mass is 194 g/mol. The zero-order valence-electron chi connectivity index (χ0n) is 7.34. The molecule has 0 aromatic carbocycles. The standard InChI is InChI=1S/C9H7FN2O2/c1-4-2-6(10)5-3-7(9(13)14)12-8(5)11-4/h2-3H,1H3,(H,11,12)(H,13,14). The third-order valence-electron chi connectivity index (χ3n) is 1.91. The summed E-state index contributed by atoms with van der Waals surface area (Å²) in [6.07, 6.45) is 0. The molecule has 4 nitrogen and oxygen atoms in total. The van der Waals surface area contributed by atoms with Crippen LogP contribution in [0.3, 0.4) is 0 Å². The van der Waals surface area contributed by atoms with Crippen LogP contribution in [0.5, 0.6) is 0 Å². The summed E-state index contributed by atoms with van der Waals surface area (Å²) < 4.78 is 13.3. The van der Waals surface area contributed by atoms with E-state index in [2.05, 4.69) is 9.97 Å². The number of halogens is 1. The smallest absolute Gasteiger partial charge is 0.352 e. The minimum atomic E-state index is -1.12. The third kappa shape index (κ3) is 1.22. The van der Waals surface area contributed by atoms with E-state index >= 15 is 0 Å². The molecule has 2 aromatic rings. The summed E-state index contributed by atoms with van der Waals surface area (Å²) in [4.78, 5) is 17.1. The van der Waals surface area contributed by atoms with Gasteiger partial charge in [-0.3, -0.25) is 0 Å². The molecule has 0 spiro atoms. The van der Waals surface area contributed by atoms with Gasteiger partial charge in [-0.15, -0.1) is 0 Å². The number of aryl methyl sites for hydroxylation is 1. The number of rotatable bonds is 1. The second-order valence-electron chi connectivity index (χ2n) is 3.00. The van der Waals surface area contributed by atoms with E-state index in [4.69, 9.17) is 5.11 Å². The Balaban J connectivity index is 2.76. The van der Waals surface area contributed by atoms with E-state index < -0.39 is 11.8 Å². The molecule has 0 radical (unpaired) electrons. The zero-order valence-corrected chi connectivity index (χ0v) is 7.34. The number of aromatic nitrogens is 2. The van der Waals surface area contributed by atoms with Crippen LogP contribution in [0.15, 0.2) is 12.1 Å². The van der Waals surface area contributed by atoms with Crippen molar-refractivity contribution in [1.82, 2.24) is 9.97 Å². The lowest BCUT2D eigenvalue weighted by molar-refractivity contribution is 0.0691. The van der Waals surface area contributed by atoms with Gasteiger partial charge in [0, 0.05) is 5.69 Å². The lowest BCUT2D eigenvalue weighted by Crippen LogP contribution is -1.95. The van der Waals surface area contributed by atoms with E-state index in [1.807, 2.05) is 0 Å². The fourth-order valence-corrected chi connectivity index (χ4v) is 1.30. The van der Waals surface area contributed by atoms with E-state index in [1.165, 1.54) is 12.1 Å². The summed E-state index contributed by atoms with van der Waals surface area (Å²) in [7, 11) is 0. The quantitative estimate of drug-likeness (QED) is 0.726. The summed E-state index contributed by atoms with van der Waals surface area (Å²) in [5.74, 6) is -1.59. The minimum Gasteiger partial charge on any atom is -0.477 e. The number of H-pyrrole nitrogens is 1. The van der Waals surface area contributed by atoms with Crippen LogP contribution < -0.4 is 0 Å². The maximum absolute atomic E-state index is 13.3. The van der Waals surface area contributed by atoms with Gasteiger partial charge in [-0.1, -0.05) is 0 Å². The maximum Gasteiger partial charge on any atom is 0.352 e. The maximum atomic E-state index is 13.3. The summed E-state index contributed by atoms with van der Waals surface area (Å²) in [5, 5.41) is 8.87. The van der Waals surface area contributed by atoms with Crippen LogP contribution >= 0.6 is 0 Å². The van der Waals surface area contributed by atoms with Crippen molar-refractivity contribution in [2.45, 2.75) is 6.92 Å². The molecular formula is C9H7FN2O2. The van der Waals surface area contributed by atoms with Crippen LogP contribution in [0.25, 0.3) is 11.0 Å². The van der Waals surface area contributed by atoms with Crippen LogP contribution in [-0.4, -0.2) is 21.0 Å². The SMILES string of the molecule is Cc1cc(F)c2cc(C(=O)O)[nH]c2n1. The van der Waals surface area contributed by atoms with Crippen LogP contribution in [0.4, 0.5) is 4.39 Å². The van der Waals surface area contributed by atoms with Crippen molar-refractivity contribution in [2.75, 3.05) is 0 Å². The lowest BCUT2D eigenvalue weighted by Gasteiger charge is -1.93. The lowest BCUT2D eigenvalue weighted by atomic mass is 10.3. The van der Waals surface area contributed by atoms with Crippen LogP contribution in [-0.2, 0) is 0 Å². The van der Waals surface area contributed by atoms with Crippen molar-refractivity contribution in [3.8, 4) is 0 Å². The van der Waals surface area contributed by atoms with E-state index in [0.717, 1.165) is 0 Å². The Morgan fingerprint density at radius 2 is 2.29 bits per heavy atom. The molecular weight excluding hydrogens is 187 g/mol. The molecule has 0 amide bonds. The molecule has 2 rings (SSSR count). The fourth-order valence-electron chi connectivity index (χ4n) is 1.30. The Morgan fingerprint density at radius 1 is 1.57 bits per heavy atom. The van der Waals surface area contributed by atoms with Gasteiger partial charge in [0.2, 0.25) is 0 Å². The first kappa shape index (κ1) is 8.68. The number of pyridine rings is 1. The second kappa shape index (κ2) is 2.80. The molecule has 0 bridgehead atoms. The van der Waals surface area contributed by atoms with Gasteiger partial charge in [0.25, 0.3) is 0 Å². The predicted octanol–water partition coefficient (Wildman–Crippen LogP) is 1.71. The third-order valence-corrected chi connectivity index (χ3v) is 1.91. The number of carboxylic acid groups (broad SMARTS) is 1. The van der Waals surface area contributed by atoms with Gasteiger partial charge in [0.15, 0.2) is 0 Å². The molecule has 5 heteroatoms. The Labute approximate surface area is 78.4 Å². The van der Waals surface area contributed by atoms with Crippen molar-refractivity contribution >= 4 is 17.0 Å². The van der Waals surface area contributed by atoms with E-state index in [9.17, 15) is 9.18 Å². The number of aromatic amines is 1. The number of carboxylic acids is 1. The first-order valence-electron chi connectivity index (χ1n) is 3.97. The van der Waals surface area contributed by atoms with Crippen molar-refractivity contribution in [1.29, 1.82) is 0 Å². The minimum absolute atomic E-state index is 0.0583. The van der Waals surface area contributed by atoms with Crippen molar-refractivity contribution in [3.63, 3.8) is 0 Å². The highest BCUT2D eigenvalue weighted by atomic mass is 19.1. The molecule has 2 N–H and O–H groups in total. The number of hydrogen-bond donors (Lipinski definition) is 2. The highest BCUT2D eigenvalue weighted by Crippen LogP contribution is 2.17. The molecule has 0 atom stereocenters. The van der Waals surface area contributed by atoms with Gasteiger partial charge < -0.3 is 10.1 Å². The van der Waals surface area contributed by atoms with Crippen LogP contribution in [0.1, 0.15) is 16.2 Å². The van der Waals surface area contributed by atoms with Gasteiger partial charge in [-0.2, -0.15) is 0 Å². The molecule has 2 aromatic heterocycles. The fraction of sp³-hybridized carbons (Fsp3) is 0.111. The highest BCUT2D eigenvalue weighted by Gasteiger charge is 2.11. The molecule has 0 aliphatic heterocycles. The normalized spacial score (nSPS) is 10.7. The summed E-state index contributed by atoms with van der Waals surface area (Å²) in [6.45, 7) is 1.64. The molecule has 0 saturated carbocycles. The first-order chi connectivity index (χ1) is 6.58. The molecule has 72 valence electrons. The van der Waals surface area contributed by atoms with E-state index in [-0.39, 0.29) is 16.7 Å². The first-order valence-corrected chi connectivity index (χ1v) is 3.97. The van der Waals surface area contributed by atoms with Gasteiger partial charge in [-0.25, -0.2) is 14.2 Å². The van der Waals surface area contributed by atoms with Gasteiger partial charge in [0.05, 0.1) is 5.39 Å².